The molecule has 1 aromatic rings. The normalized spacial score (nSPS) is 27.5. The summed E-state index contributed by atoms with van der Waals surface area (Å²) in [6.45, 7) is 0.254. The van der Waals surface area contributed by atoms with Crippen LogP contribution in [-0.2, 0) is 14.8 Å². The molecule has 2 aliphatic rings. The molecule has 0 spiro atoms. The molecule has 0 aliphatic carbocycles. The number of rotatable bonds is 3. The number of nitrogens with zero attached hydrogens (tertiary/aromatic N) is 2. The fraction of sp³-hybridized carbons (Fsp3) is 0.533. The van der Waals surface area contributed by atoms with E-state index < -0.39 is 28.0 Å². The molecule has 1 amide bonds. The zero-order valence-electron chi connectivity index (χ0n) is 12.6. The molecule has 23 heavy (non-hydrogen) atoms. The number of carbonyl (C=O) groups excluding carboxylic acids is 1. The van der Waals surface area contributed by atoms with Gasteiger partial charge in [0.1, 0.15) is 5.82 Å². The number of likely N-dealkylation sites (tertiary alicyclic amines) is 1. The average Bonchev–Trinajstić information content (AvgIpc) is 3.02. The fourth-order valence-electron chi connectivity index (χ4n) is 3.23. The molecule has 0 aromatic heterocycles. The Morgan fingerprint density at radius 3 is 2.83 bits per heavy atom. The predicted molar refractivity (Wildman–Crippen MR) is 81.5 cm³/mol. The lowest BCUT2D eigenvalue weighted by Crippen LogP contribution is -2.41. The lowest BCUT2D eigenvalue weighted by molar-refractivity contribution is -0.132. The Labute approximate surface area is 134 Å². The summed E-state index contributed by atoms with van der Waals surface area (Å²) in [7, 11) is -3.35. The highest BCUT2D eigenvalue weighted by molar-refractivity contribution is 7.89. The van der Waals surface area contributed by atoms with E-state index in [4.69, 9.17) is 0 Å². The van der Waals surface area contributed by atoms with Crippen LogP contribution >= 0.6 is 0 Å². The van der Waals surface area contributed by atoms with Crippen molar-refractivity contribution in [3.63, 3.8) is 0 Å². The molecule has 1 N–H and O–H groups in total. The standard InChI is InChI=1S/C15H19FN2O4S/c16-12-4-1-3-11(7-12)14-8-13(19)9-18(14)15(20)10-17-5-2-6-23(17,21)22/h1,3-4,7,13-14,19H,2,5-6,8-10H2. The van der Waals surface area contributed by atoms with Gasteiger partial charge in [0, 0.05) is 13.1 Å². The third-order valence-electron chi connectivity index (χ3n) is 4.35. The highest BCUT2D eigenvalue weighted by atomic mass is 32.2. The summed E-state index contributed by atoms with van der Waals surface area (Å²) < 4.78 is 38.3. The number of carbonyl (C=O) groups is 1. The number of hydrogen-bond acceptors (Lipinski definition) is 4. The molecular formula is C15H19FN2O4S. The van der Waals surface area contributed by atoms with Crippen LogP contribution in [0.3, 0.4) is 0 Å². The minimum Gasteiger partial charge on any atom is -0.391 e. The van der Waals surface area contributed by atoms with Crippen molar-refractivity contribution in [2.75, 3.05) is 25.4 Å². The first-order chi connectivity index (χ1) is 10.9. The van der Waals surface area contributed by atoms with E-state index in [9.17, 15) is 22.7 Å². The summed E-state index contributed by atoms with van der Waals surface area (Å²) in [6.07, 6.45) is 0.149. The van der Waals surface area contributed by atoms with Crippen LogP contribution in [-0.4, -0.2) is 60.1 Å². The number of aliphatic hydroxyl groups is 1. The summed E-state index contributed by atoms with van der Waals surface area (Å²) in [6, 6.07) is 5.49. The largest absolute Gasteiger partial charge is 0.391 e. The second-order valence-corrected chi connectivity index (χ2v) is 8.10. The van der Waals surface area contributed by atoms with Crippen molar-refractivity contribution in [3.8, 4) is 0 Å². The van der Waals surface area contributed by atoms with Gasteiger partial charge in [0.05, 0.1) is 24.4 Å². The quantitative estimate of drug-likeness (QED) is 0.867. The second-order valence-electron chi connectivity index (χ2n) is 6.01. The first-order valence-corrected chi connectivity index (χ1v) is 9.18. The van der Waals surface area contributed by atoms with Crippen LogP contribution in [0, 0.1) is 5.82 Å². The van der Waals surface area contributed by atoms with Crippen molar-refractivity contribution < 1.29 is 22.7 Å². The first-order valence-electron chi connectivity index (χ1n) is 7.57. The van der Waals surface area contributed by atoms with Crippen LogP contribution in [0.15, 0.2) is 24.3 Å². The van der Waals surface area contributed by atoms with Crippen molar-refractivity contribution in [2.45, 2.75) is 25.0 Å². The Bertz CT molecular complexity index is 709. The molecule has 1 aromatic carbocycles. The zero-order chi connectivity index (χ0) is 16.6. The van der Waals surface area contributed by atoms with Gasteiger partial charge in [0.2, 0.25) is 15.9 Å². The summed E-state index contributed by atoms with van der Waals surface area (Å²) in [5.41, 5.74) is 0.610. The van der Waals surface area contributed by atoms with Gasteiger partial charge in [-0.25, -0.2) is 12.8 Å². The molecule has 3 rings (SSSR count). The number of sulfonamides is 1. The summed E-state index contributed by atoms with van der Waals surface area (Å²) >= 11 is 0. The average molecular weight is 342 g/mol. The minimum atomic E-state index is -3.35. The molecule has 2 heterocycles. The number of benzene rings is 1. The van der Waals surface area contributed by atoms with Crippen molar-refractivity contribution >= 4 is 15.9 Å². The molecular weight excluding hydrogens is 323 g/mol. The van der Waals surface area contributed by atoms with E-state index in [1.54, 1.807) is 12.1 Å². The highest BCUT2D eigenvalue weighted by Gasteiger charge is 2.38. The third kappa shape index (κ3) is 3.39. The van der Waals surface area contributed by atoms with E-state index in [1.807, 2.05) is 0 Å². The molecule has 0 radical (unpaired) electrons. The van der Waals surface area contributed by atoms with Gasteiger partial charge in [0.25, 0.3) is 0 Å². The van der Waals surface area contributed by atoms with Crippen LogP contribution in [0.25, 0.3) is 0 Å². The molecule has 2 aliphatic heterocycles. The molecule has 2 fully saturated rings. The van der Waals surface area contributed by atoms with Crippen molar-refractivity contribution in [3.05, 3.63) is 35.6 Å². The molecule has 126 valence electrons. The van der Waals surface area contributed by atoms with Crippen LogP contribution in [0.5, 0.6) is 0 Å². The SMILES string of the molecule is O=C(CN1CCCS1(=O)=O)N1CC(O)CC1c1cccc(F)c1. The van der Waals surface area contributed by atoms with E-state index in [2.05, 4.69) is 0 Å². The van der Waals surface area contributed by atoms with Gasteiger partial charge in [-0.2, -0.15) is 4.31 Å². The molecule has 2 saturated heterocycles. The van der Waals surface area contributed by atoms with Crippen molar-refractivity contribution in [1.29, 1.82) is 0 Å². The van der Waals surface area contributed by atoms with E-state index in [-0.39, 0.29) is 24.7 Å². The smallest absolute Gasteiger partial charge is 0.238 e. The summed E-state index contributed by atoms with van der Waals surface area (Å²) in [5.74, 6) is -0.698. The van der Waals surface area contributed by atoms with E-state index in [0.717, 1.165) is 0 Å². The Morgan fingerprint density at radius 1 is 1.39 bits per heavy atom. The van der Waals surface area contributed by atoms with Gasteiger partial charge in [-0.3, -0.25) is 4.79 Å². The van der Waals surface area contributed by atoms with Gasteiger partial charge in [0.15, 0.2) is 0 Å². The predicted octanol–water partition coefficient (Wildman–Crippen LogP) is 0.496. The fourth-order valence-corrected chi connectivity index (χ4v) is 4.70. The molecule has 0 bridgehead atoms. The Balaban J connectivity index is 1.78. The van der Waals surface area contributed by atoms with E-state index >= 15 is 0 Å². The van der Waals surface area contributed by atoms with Gasteiger partial charge in [-0.1, -0.05) is 12.1 Å². The second kappa shape index (κ2) is 6.18. The molecule has 8 heteroatoms. The summed E-state index contributed by atoms with van der Waals surface area (Å²) in [5, 5.41) is 9.89. The Hall–Kier alpha value is -1.51. The van der Waals surface area contributed by atoms with Gasteiger partial charge >= 0.3 is 0 Å². The number of β-amino-alcohol motifs (C(OH)–C–C–N with tert-alkyl or cyclic N) is 1. The van der Waals surface area contributed by atoms with Crippen LogP contribution in [0.1, 0.15) is 24.4 Å². The number of amides is 1. The van der Waals surface area contributed by atoms with Gasteiger partial charge in [-0.05, 0) is 30.5 Å². The maximum absolute atomic E-state index is 13.4. The zero-order valence-corrected chi connectivity index (χ0v) is 13.4. The Kier molecular flexibility index (Phi) is 4.39. The van der Waals surface area contributed by atoms with E-state index in [1.165, 1.54) is 21.3 Å². The topological polar surface area (TPSA) is 77.9 Å². The number of halogens is 1. The molecule has 2 atom stereocenters. The molecule has 2 unspecified atom stereocenters. The van der Waals surface area contributed by atoms with Crippen LogP contribution < -0.4 is 0 Å². The van der Waals surface area contributed by atoms with Gasteiger partial charge < -0.3 is 10.0 Å². The minimum absolute atomic E-state index is 0.0657. The molecule has 0 saturated carbocycles. The lowest BCUT2D eigenvalue weighted by atomic mass is 10.0. The van der Waals surface area contributed by atoms with Crippen LogP contribution in [0.2, 0.25) is 0 Å². The molecule has 6 nitrogen and oxygen atoms in total. The first kappa shape index (κ1) is 16.4. The summed E-state index contributed by atoms with van der Waals surface area (Å²) in [4.78, 5) is 14.0. The maximum Gasteiger partial charge on any atom is 0.238 e. The number of aliphatic hydroxyl groups excluding tert-OH is 1. The lowest BCUT2D eigenvalue weighted by Gasteiger charge is -2.26. The van der Waals surface area contributed by atoms with Gasteiger partial charge in [-0.15, -0.1) is 0 Å². The van der Waals surface area contributed by atoms with E-state index in [0.29, 0.717) is 24.9 Å². The van der Waals surface area contributed by atoms with Crippen LogP contribution in [0.4, 0.5) is 4.39 Å². The van der Waals surface area contributed by atoms with Crippen molar-refractivity contribution in [2.24, 2.45) is 0 Å². The maximum atomic E-state index is 13.4. The number of hydrogen-bond donors (Lipinski definition) is 1. The Morgan fingerprint density at radius 2 is 2.17 bits per heavy atom. The third-order valence-corrected chi connectivity index (χ3v) is 6.25. The highest BCUT2D eigenvalue weighted by Crippen LogP contribution is 2.32. The van der Waals surface area contributed by atoms with Crippen molar-refractivity contribution in [1.82, 2.24) is 9.21 Å². The monoisotopic (exact) mass is 342 g/mol.